The van der Waals surface area contributed by atoms with Crippen LogP contribution in [0.15, 0.2) is 77.4 Å². The first-order valence-corrected chi connectivity index (χ1v) is 9.92. The van der Waals surface area contributed by atoms with Gasteiger partial charge in [-0.1, -0.05) is 60.2 Å². The van der Waals surface area contributed by atoms with Crippen LogP contribution in [0.1, 0.15) is 17.0 Å². The molecule has 0 radical (unpaired) electrons. The topological polar surface area (TPSA) is 55.1 Å². The van der Waals surface area contributed by atoms with Crippen molar-refractivity contribution in [1.29, 1.82) is 0 Å². The Balaban J connectivity index is 1.61. The zero-order valence-corrected chi connectivity index (χ0v) is 16.3. The van der Waals surface area contributed by atoms with Crippen molar-refractivity contribution in [3.63, 3.8) is 0 Å². The van der Waals surface area contributed by atoms with Gasteiger partial charge in [0.2, 0.25) is 5.91 Å². The maximum absolute atomic E-state index is 12.5. The molecule has 4 nitrogen and oxygen atoms in total. The molecule has 140 valence electrons. The Morgan fingerprint density at radius 1 is 1.00 bits per heavy atom. The zero-order chi connectivity index (χ0) is 19.3. The number of benzene rings is 2. The van der Waals surface area contributed by atoms with Gasteiger partial charge in [-0.2, -0.15) is 0 Å². The number of amides is 1. The summed E-state index contributed by atoms with van der Waals surface area (Å²) >= 11 is 1.62. The summed E-state index contributed by atoms with van der Waals surface area (Å²) in [6.45, 7) is 2.44. The van der Waals surface area contributed by atoms with E-state index in [0.717, 1.165) is 32.5 Å². The number of thiazole rings is 1. The van der Waals surface area contributed by atoms with Crippen LogP contribution >= 0.6 is 11.3 Å². The van der Waals surface area contributed by atoms with Crippen LogP contribution < -0.4 is 5.32 Å². The normalized spacial score (nSPS) is 10.8. The number of hydrogen-bond donors (Lipinski definition) is 1. The van der Waals surface area contributed by atoms with Gasteiger partial charge in [0.15, 0.2) is 0 Å². The second-order valence-electron chi connectivity index (χ2n) is 6.56. The first-order chi connectivity index (χ1) is 13.7. The van der Waals surface area contributed by atoms with E-state index in [2.05, 4.69) is 36.5 Å². The van der Waals surface area contributed by atoms with Crippen molar-refractivity contribution in [3.8, 4) is 21.0 Å². The van der Waals surface area contributed by atoms with Crippen molar-refractivity contribution < 1.29 is 9.21 Å². The number of nitrogens with zero attached hydrogens (tertiary/aromatic N) is 1. The van der Waals surface area contributed by atoms with E-state index in [4.69, 9.17) is 9.40 Å². The van der Waals surface area contributed by atoms with Gasteiger partial charge in [-0.3, -0.25) is 4.79 Å². The van der Waals surface area contributed by atoms with E-state index in [0.29, 0.717) is 6.54 Å². The third-order valence-corrected chi connectivity index (χ3v) is 5.60. The minimum atomic E-state index is -0.0744. The highest BCUT2D eigenvalue weighted by Crippen LogP contribution is 2.35. The Morgan fingerprint density at radius 3 is 2.50 bits per heavy atom. The number of aryl methyl sites for hydroxylation is 1. The SMILES string of the molecule is Cc1ccc(-c2sc(-c3ccccc3)nc2CC(=O)NCc2ccco2)cc1. The van der Waals surface area contributed by atoms with Crippen molar-refractivity contribution in [1.82, 2.24) is 10.3 Å². The molecule has 2 heterocycles. The molecule has 0 unspecified atom stereocenters. The summed E-state index contributed by atoms with van der Waals surface area (Å²) in [7, 11) is 0. The molecule has 1 N–H and O–H groups in total. The molecular weight excluding hydrogens is 368 g/mol. The highest BCUT2D eigenvalue weighted by molar-refractivity contribution is 7.18. The number of rotatable bonds is 6. The fourth-order valence-corrected chi connectivity index (χ4v) is 4.01. The van der Waals surface area contributed by atoms with E-state index in [-0.39, 0.29) is 12.3 Å². The lowest BCUT2D eigenvalue weighted by Gasteiger charge is -2.04. The number of furan rings is 1. The van der Waals surface area contributed by atoms with Crippen molar-refractivity contribution in [2.75, 3.05) is 0 Å². The molecule has 0 bridgehead atoms. The zero-order valence-electron chi connectivity index (χ0n) is 15.5. The largest absolute Gasteiger partial charge is 0.467 e. The van der Waals surface area contributed by atoms with Crippen LogP contribution in [0, 0.1) is 6.92 Å². The summed E-state index contributed by atoms with van der Waals surface area (Å²) in [5.41, 5.74) is 4.14. The lowest BCUT2D eigenvalue weighted by molar-refractivity contribution is -0.120. The summed E-state index contributed by atoms with van der Waals surface area (Å²) < 4.78 is 5.27. The van der Waals surface area contributed by atoms with Gasteiger partial charge in [0.1, 0.15) is 10.8 Å². The summed E-state index contributed by atoms with van der Waals surface area (Å²) in [6.07, 6.45) is 1.83. The highest BCUT2D eigenvalue weighted by atomic mass is 32.1. The van der Waals surface area contributed by atoms with Gasteiger partial charge in [-0.05, 0) is 24.6 Å². The lowest BCUT2D eigenvalue weighted by atomic mass is 10.1. The fraction of sp³-hybridized carbons (Fsp3) is 0.130. The molecule has 0 fully saturated rings. The standard InChI is InChI=1S/C23H20N2O2S/c1-16-9-11-17(12-10-16)22-20(14-21(26)24-15-19-8-5-13-27-19)25-23(28-22)18-6-3-2-4-7-18/h2-13H,14-15H2,1H3,(H,24,26). The number of hydrogen-bond acceptors (Lipinski definition) is 4. The van der Waals surface area contributed by atoms with Crippen molar-refractivity contribution >= 4 is 17.2 Å². The summed E-state index contributed by atoms with van der Waals surface area (Å²) in [5.74, 6) is 0.657. The Morgan fingerprint density at radius 2 is 1.79 bits per heavy atom. The van der Waals surface area contributed by atoms with E-state index >= 15 is 0 Å². The van der Waals surface area contributed by atoms with Crippen LogP contribution in [0.4, 0.5) is 0 Å². The maximum Gasteiger partial charge on any atom is 0.226 e. The van der Waals surface area contributed by atoms with Crippen LogP contribution in [0.2, 0.25) is 0 Å². The lowest BCUT2D eigenvalue weighted by Crippen LogP contribution is -2.24. The van der Waals surface area contributed by atoms with Crippen molar-refractivity contribution in [2.24, 2.45) is 0 Å². The van der Waals surface area contributed by atoms with Gasteiger partial charge >= 0.3 is 0 Å². The molecule has 0 saturated heterocycles. The van der Waals surface area contributed by atoms with Gasteiger partial charge in [0, 0.05) is 5.56 Å². The molecule has 0 aliphatic heterocycles. The average molecular weight is 388 g/mol. The maximum atomic E-state index is 12.5. The molecule has 4 rings (SSSR count). The quantitative estimate of drug-likeness (QED) is 0.492. The number of aromatic nitrogens is 1. The predicted molar refractivity (Wildman–Crippen MR) is 112 cm³/mol. The van der Waals surface area contributed by atoms with Crippen LogP contribution in [0.25, 0.3) is 21.0 Å². The van der Waals surface area contributed by atoms with Gasteiger partial charge in [-0.15, -0.1) is 11.3 Å². The van der Waals surface area contributed by atoms with E-state index < -0.39 is 0 Å². The molecule has 0 spiro atoms. The molecule has 2 aromatic carbocycles. The predicted octanol–water partition coefficient (Wildman–Crippen LogP) is 5.24. The second-order valence-corrected chi connectivity index (χ2v) is 7.56. The Bertz CT molecular complexity index is 1050. The van der Waals surface area contributed by atoms with Crippen LogP contribution in [-0.2, 0) is 17.8 Å². The fourth-order valence-electron chi connectivity index (χ4n) is 2.92. The number of carbonyl (C=O) groups is 1. The molecule has 0 atom stereocenters. The highest BCUT2D eigenvalue weighted by Gasteiger charge is 2.17. The van der Waals surface area contributed by atoms with Crippen LogP contribution in [0.3, 0.4) is 0 Å². The molecule has 2 aromatic heterocycles. The molecule has 28 heavy (non-hydrogen) atoms. The molecule has 0 aliphatic rings. The van der Waals surface area contributed by atoms with E-state index in [1.165, 1.54) is 5.56 Å². The van der Waals surface area contributed by atoms with Crippen molar-refractivity contribution in [3.05, 3.63) is 90.0 Å². The number of nitrogens with one attached hydrogen (secondary N) is 1. The molecule has 5 heteroatoms. The Hall–Kier alpha value is -3.18. The van der Waals surface area contributed by atoms with Crippen LogP contribution in [0.5, 0.6) is 0 Å². The summed E-state index contributed by atoms with van der Waals surface area (Å²) in [5, 5.41) is 3.82. The van der Waals surface area contributed by atoms with E-state index in [9.17, 15) is 4.79 Å². The third-order valence-electron chi connectivity index (χ3n) is 4.40. The average Bonchev–Trinajstić information content (AvgIpc) is 3.38. The molecular formula is C23H20N2O2S. The summed E-state index contributed by atoms with van der Waals surface area (Å²) in [6, 6.07) is 22.0. The monoisotopic (exact) mass is 388 g/mol. The first-order valence-electron chi connectivity index (χ1n) is 9.10. The Labute approximate surface area is 167 Å². The third kappa shape index (κ3) is 4.21. The molecule has 4 aromatic rings. The molecule has 0 saturated carbocycles. The number of carbonyl (C=O) groups excluding carboxylic acids is 1. The Kier molecular flexibility index (Phi) is 5.35. The van der Waals surface area contributed by atoms with E-state index in [1.807, 2.05) is 42.5 Å². The van der Waals surface area contributed by atoms with Gasteiger partial charge in [-0.25, -0.2) is 4.98 Å². The molecule has 0 aliphatic carbocycles. The van der Waals surface area contributed by atoms with Crippen molar-refractivity contribution in [2.45, 2.75) is 19.9 Å². The molecule has 1 amide bonds. The van der Waals surface area contributed by atoms with Gasteiger partial charge < -0.3 is 9.73 Å². The second kappa shape index (κ2) is 8.23. The van der Waals surface area contributed by atoms with Crippen LogP contribution in [-0.4, -0.2) is 10.9 Å². The first kappa shape index (κ1) is 18.2. The van der Waals surface area contributed by atoms with E-state index in [1.54, 1.807) is 17.6 Å². The smallest absolute Gasteiger partial charge is 0.226 e. The van der Waals surface area contributed by atoms with Gasteiger partial charge in [0.25, 0.3) is 0 Å². The minimum Gasteiger partial charge on any atom is -0.467 e. The summed E-state index contributed by atoms with van der Waals surface area (Å²) in [4.78, 5) is 18.3. The van der Waals surface area contributed by atoms with Gasteiger partial charge in [0.05, 0.1) is 29.8 Å². The minimum absolute atomic E-state index is 0.0744.